The number of ether oxygens (including phenoxy) is 1. The molecule has 0 aromatic carbocycles. The molecule has 0 spiro atoms. The minimum absolute atomic E-state index is 0.711. The van der Waals surface area contributed by atoms with Crippen molar-refractivity contribution in [3.05, 3.63) is 0 Å². The highest BCUT2D eigenvalue weighted by molar-refractivity contribution is 4.90. The van der Waals surface area contributed by atoms with Gasteiger partial charge in [0.1, 0.15) is 0 Å². The predicted molar refractivity (Wildman–Crippen MR) is 82.9 cm³/mol. The van der Waals surface area contributed by atoms with E-state index in [1.165, 1.54) is 57.9 Å². The van der Waals surface area contributed by atoms with E-state index in [1.807, 2.05) is 0 Å². The van der Waals surface area contributed by atoms with Crippen molar-refractivity contribution < 1.29 is 4.74 Å². The highest BCUT2D eigenvalue weighted by Crippen LogP contribution is 2.32. The number of nitrogens with one attached hydrogen (secondary N) is 1. The summed E-state index contributed by atoms with van der Waals surface area (Å²) >= 11 is 0. The maximum atomic E-state index is 5.74. The SMILES string of the molecule is CN(CCOCC1CC1)CC1CCC2CCCCC2N1. The minimum atomic E-state index is 0.711. The van der Waals surface area contributed by atoms with Crippen LogP contribution >= 0.6 is 0 Å². The van der Waals surface area contributed by atoms with Crippen LogP contribution in [-0.4, -0.2) is 50.3 Å². The van der Waals surface area contributed by atoms with Crippen LogP contribution in [0, 0.1) is 11.8 Å². The van der Waals surface area contributed by atoms with Crippen molar-refractivity contribution >= 4 is 0 Å². The van der Waals surface area contributed by atoms with Gasteiger partial charge in [0.15, 0.2) is 0 Å². The first-order chi connectivity index (χ1) is 9.81. The summed E-state index contributed by atoms with van der Waals surface area (Å²) in [4.78, 5) is 2.45. The van der Waals surface area contributed by atoms with E-state index in [4.69, 9.17) is 4.74 Å². The van der Waals surface area contributed by atoms with Crippen LogP contribution in [0.2, 0.25) is 0 Å². The Hall–Kier alpha value is -0.120. The molecule has 3 nitrogen and oxygen atoms in total. The molecule has 116 valence electrons. The summed E-state index contributed by atoms with van der Waals surface area (Å²) < 4.78 is 5.74. The van der Waals surface area contributed by atoms with Crippen LogP contribution in [0.1, 0.15) is 51.4 Å². The van der Waals surface area contributed by atoms with E-state index in [9.17, 15) is 0 Å². The molecule has 20 heavy (non-hydrogen) atoms. The van der Waals surface area contributed by atoms with Gasteiger partial charge in [0, 0.05) is 31.8 Å². The first-order valence-corrected chi connectivity index (χ1v) is 8.83. The van der Waals surface area contributed by atoms with E-state index in [1.54, 1.807) is 0 Å². The molecule has 3 heteroatoms. The van der Waals surface area contributed by atoms with Gasteiger partial charge in [0.25, 0.3) is 0 Å². The van der Waals surface area contributed by atoms with Crippen LogP contribution in [0.15, 0.2) is 0 Å². The number of fused-ring (bicyclic) bond motifs is 1. The van der Waals surface area contributed by atoms with Gasteiger partial charge in [0.2, 0.25) is 0 Å². The number of hydrogen-bond donors (Lipinski definition) is 1. The first-order valence-electron chi connectivity index (χ1n) is 8.83. The lowest BCUT2D eigenvalue weighted by Crippen LogP contribution is -2.52. The molecule has 0 radical (unpaired) electrons. The van der Waals surface area contributed by atoms with E-state index in [0.717, 1.165) is 37.6 Å². The molecule has 0 aromatic rings. The van der Waals surface area contributed by atoms with Gasteiger partial charge in [-0.1, -0.05) is 12.8 Å². The first kappa shape index (κ1) is 14.8. The molecule has 3 atom stereocenters. The molecule has 3 unspecified atom stereocenters. The van der Waals surface area contributed by atoms with Gasteiger partial charge in [-0.2, -0.15) is 0 Å². The highest BCUT2D eigenvalue weighted by Gasteiger charge is 2.31. The summed E-state index contributed by atoms with van der Waals surface area (Å²) in [7, 11) is 2.25. The fraction of sp³-hybridized carbons (Fsp3) is 1.00. The van der Waals surface area contributed by atoms with E-state index >= 15 is 0 Å². The molecule has 3 aliphatic rings. The van der Waals surface area contributed by atoms with Crippen LogP contribution in [0.3, 0.4) is 0 Å². The van der Waals surface area contributed by atoms with Gasteiger partial charge in [-0.15, -0.1) is 0 Å². The van der Waals surface area contributed by atoms with Gasteiger partial charge in [-0.3, -0.25) is 0 Å². The minimum Gasteiger partial charge on any atom is -0.380 e. The van der Waals surface area contributed by atoms with Crippen molar-refractivity contribution in [1.29, 1.82) is 0 Å². The third-order valence-corrected chi connectivity index (χ3v) is 5.44. The summed E-state index contributed by atoms with van der Waals surface area (Å²) in [5.41, 5.74) is 0. The van der Waals surface area contributed by atoms with E-state index in [0.29, 0.717) is 6.04 Å². The monoisotopic (exact) mass is 280 g/mol. The van der Waals surface area contributed by atoms with Gasteiger partial charge >= 0.3 is 0 Å². The Labute approximate surface area is 124 Å². The van der Waals surface area contributed by atoms with Crippen LogP contribution in [-0.2, 0) is 4.74 Å². The molecule has 1 N–H and O–H groups in total. The van der Waals surface area contributed by atoms with Gasteiger partial charge < -0.3 is 15.0 Å². The molecule has 0 bridgehead atoms. The Morgan fingerprint density at radius 2 is 1.90 bits per heavy atom. The normalized spacial score (nSPS) is 34.2. The molecule has 1 saturated heterocycles. The second kappa shape index (κ2) is 7.24. The second-order valence-electron chi connectivity index (χ2n) is 7.37. The third-order valence-electron chi connectivity index (χ3n) is 5.44. The van der Waals surface area contributed by atoms with Crippen molar-refractivity contribution in [2.75, 3.05) is 33.4 Å². The zero-order valence-electron chi connectivity index (χ0n) is 13.2. The summed E-state index contributed by atoms with van der Waals surface area (Å²) in [6, 6.07) is 1.53. The van der Waals surface area contributed by atoms with Crippen LogP contribution in [0.5, 0.6) is 0 Å². The molecule has 3 rings (SSSR count). The van der Waals surface area contributed by atoms with Crippen molar-refractivity contribution in [2.45, 2.75) is 63.5 Å². The number of piperidine rings is 1. The number of nitrogens with zero attached hydrogens (tertiary/aromatic N) is 1. The lowest BCUT2D eigenvalue weighted by atomic mass is 9.78. The molecule has 0 aromatic heterocycles. The number of likely N-dealkylation sites (N-methyl/N-ethyl adjacent to an activating group) is 1. The molecular formula is C17H32N2O. The molecule has 3 fully saturated rings. The molecule has 2 saturated carbocycles. The lowest BCUT2D eigenvalue weighted by molar-refractivity contribution is 0.0936. The van der Waals surface area contributed by atoms with E-state index in [-0.39, 0.29) is 0 Å². The average molecular weight is 280 g/mol. The van der Waals surface area contributed by atoms with Crippen molar-refractivity contribution in [3.63, 3.8) is 0 Å². The number of rotatable bonds is 7. The molecular weight excluding hydrogens is 248 g/mol. The molecule has 2 aliphatic carbocycles. The zero-order chi connectivity index (χ0) is 13.8. The summed E-state index contributed by atoms with van der Waals surface area (Å²) in [5, 5.41) is 3.92. The maximum Gasteiger partial charge on any atom is 0.0593 e. The Balaban J connectivity index is 1.30. The fourth-order valence-electron chi connectivity index (χ4n) is 3.94. The lowest BCUT2D eigenvalue weighted by Gasteiger charge is -2.41. The van der Waals surface area contributed by atoms with Crippen LogP contribution in [0.25, 0.3) is 0 Å². The maximum absolute atomic E-state index is 5.74. The van der Waals surface area contributed by atoms with E-state index in [2.05, 4.69) is 17.3 Å². The summed E-state index contributed by atoms with van der Waals surface area (Å²) in [6.45, 7) is 4.18. The Morgan fingerprint density at radius 3 is 2.75 bits per heavy atom. The second-order valence-corrected chi connectivity index (χ2v) is 7.37. The van der Waals surface area contributed by atoms with Crippen molar-refractivity contribution in [1.82, 2.24) is 10.2 Å². The topological polar surface area (TPSA) is 24.5 Å². The zero-order valence-corrected chi connectivity index (χ0v) is 13.2. The summed E-state index contributed by atoms with van der Waals surface area (Å²) in [5.74, 6) is 1.87. The Morgan fingerprint density at radius 1 is 1.05 bits per heavy atom. The van der Waals surface area contributed by atoms with E-state index < -0.39 is 0 Å². The smallest absolute Gasteiger partial charge is 0.0593 e. The predicted octanol–water partition coefficient (Wildman–Crippen LogP) is 2.66. The van der Waals surface area contributed by atoms with Crippen molar-refractivity contribution in [2.24, 2.45) is 11.8 Å². The molecule has 1 aliphatic heterocycles. The molecule has 1 heterocycles. The summed E-state index contributed by atoms with van der Waals surface area (Å²) in [6.07, 6.45) is 11.4. The van der Waals surface area contributed by atoms with Gasteiger partial charge in [-0.05, 0) is 57.4 Å². The largest absolute Gasteiger partial charge is 0.380 e. The third kappa shape index (κ3) is 4.44. The average Bonchev–Trinajstić information content (AvgIpc) is 3.28. The van der Waals surface area contributed by atoms with Gasteiger partial charge in [-0.25, -0.2) is 0 Å². The van der Waals surface area contributed by atoms with Crippen LogP contribution in [0.4, 0.5) is 0 Å². The highest BCUT2D eigenvalue weighted by atomic mass is 16.5. The fourth-order valence-corrected chi connectivity index (χ4v) is 3.94. The standard InChI is InChI=1S/C17H32N2O/c1-19(10-11-20-13-14-6-7-14)12-16-9-8-15-4-2-3-5-17(15)18-16/h14-18H,2-13H2,1H3. The van der Waals surface area contributed by atoms with Crippen molar-refractivity contribution in [3.8, 4) is 0 Å². The number of hydrogen-bond acceptors (Lipinski definition) is 3. The quantitative estimate of drug-likeness (QED) is 0.726. The Bertz CT molecular complexity index is 293. The van der Waals surface area contributed by atoms with Gasteiger partial charge in [0.05, 0.1) is 6.61 Å². The van der Waals surface area contributed by atoms with Crippen LogP contribution < -0.4 is 5.32 Å². The molecule has 0 amide bonds. The Kier molecular flexibility index (Phi) is 5.36.